The second kappa shape index (κ2) is 8.41. The highest BCUT2D eigenvalue weighted by atomic mass is 19.4. The summed E-state index contributed by atoms with van der Waals surface area (Å²) < 4.78 is 51.9. The Labute approximate surface area is 191 Å². The molecular weight excluding hydrogens is 451 g/mol. The molecule has 11 heteroatoms. The lowest BCUT2D eigenvalue weighted by Gasteiger charge is -2.31. The number of amides is 1. The lowest BCUT2D eigenvalue weighted by molar-refractivity contribution is -0.137. The second-order valence-corrected chi connectivity index (χ2v) is 7.74. The van der Waals surface area contributed by atoms with Crippen molar-refractivity contribution in [2.45, 2.75) is 6.18 Å². The highest BCUT2D eigenvalue weighted by Crippen LogP contribution is 2.39. The summed E-state index contributed by atoms with van der Waals surface area (Å²) in [6, 6.07) is 9.16. The molecule has 0 aliphatic carbocycles. The molecule has 2 N–H and O–H groups in total. The number of hydrogen-bond donors (Lipinski definition) is 1. The Morgan fingerprint density at radius 2 is 1.82 bits per heavy atom. The molecule has 2 aromatic heterocycles. The molecule has 2 aromatic carbocycles. The van der Waals surface area contributed by atoms with Crippen LogP contribution < -0.4 is 10.6 Å². The maximum Gasteiger partial charge on any atom is 0.418 e. The summed E-state index contributed by atoms with van der Waals surface area (Å²) in [5.74, 6) is -0.557. The zero-order valence-electron chi connectivity index (χ0n) is 17.7. The number of aromatic nitrogens is 3. The number of carbonyl (C=O) groups is 1. The Bertz CT molecular complexity index is 1380. The number of halogens is 3. The summed E-state index contributed by atoms with van der Waals surface area (Å²) in [6.07, 6.45) is -1.86. The van der Waals surface area contributed by atoms with Gasteiger partial charge in [0.1, 0.15) is 17.5 Å². The first kappa shape index (κ1) is 21.8. The summed E-state index contributed by atoms with van der Waals surface area (Å²) in [5, 5.41) is 4.49. The fraction of sp³-hybridized carbons (Fsp3) is 0.217. The Morgan fingerprint density at radius 3 is 2.56 bits per heavy atom. The van der Waals surface area contributed by atoms with Gasteiger partial charge in [-0.3, -0.25) is 4.79 Å². The maximum atomic E-state index is 13.9. The number of carbonyl (C=O) groups excluding carboxylic acids is 1. The zero-order chi connectivity index (χ0) is 23.9. The number of benzene rings is 2. The van der Waals surface area contributed by atoms with Crippen LogP contribution in [0.15, 0.2) is 53.4 Å². The van der Waals surface area contributed by atoms with Crippen molar-refractivity contribution >= 4 is 22.5 Å². The molecule has 5 rings (SSSR count). The van der Waals surface area contributed by atoms with Crippen LogP contribution in [0.2, 0.25) is 0 Å². The van der Waals surface area contributed by atoms with E-state index in [4.69, 9.17) is 15.0 Å². The summed E-state index contributed by atoms with van der Waals surface area (Å²) in [7, 11) is 0. The SMILES string of the molecule is NC(=O)c1conc1-c1ccc2cnc(-c3ccc(N4CCOCC4)c(C(F)(F)F)c3)nc2c1. The minimum atomic E-state index is -4.55. The van der Waals surface area contributed by atoms with Gasteiger partial charge in [0, 0.05) is 41.5 Å². The van der Waals surface area contributed by atoms with Crippen molar-refractivity contribution in [2.75, 3.05) is 31.2 Å². The van der Waals surface area contributed by atoms with E-state index in [9.17, 15) is 18.0 Å². The van der Waals surface area contributed by atoms with Crippen molar-refractivity contribution in [3.05, 3.63) is 60.0 Å². The van der Waals surface area contributed by atoms with E-state index < -0.39 is 17.6 Å². The molecule has 0 spiro atoms. The molecule has 174 valence electrons. The number of morpholine rings is 1. The van der Waals surface area contributed by atoms with Crippen molar-refractivity contribution in [3.63, 3.8) is 0 Å². The predicted octanol–water partition coefficient (Wildman–Crippen LogP) is 3.91. The smallest absolute Gasteiger partial charge is 0.378 e. The van der Waals surface area contributed by atoms with Gasteiger partial charge in [0.25, 0.3) is 5.91 Å². The molecule has 0 saturated carbocycles. The maximum absolute atomic E-state index is 13.9. The van der Waals surface area contributed by atoms with Crippen LogP contribution in [-0.2, 0) is 10.9 Å². The standard InChI is InChI=1S/C23H18F3N5O3/c24-23(25,26)17-9-14(3-4-19(17)31-5-7-33-8-6-31)22-28-11-15-2-1-13(10-18(15)29-22)20-16(21(27)32)12-34-30-20/h1-4,9-12H,5-8H2,(H2,27,32). The van der Waals surface area contributed by atoms with Crippen LogP contribution in [-0.4, -0.2) is 47.3 Å². The van der Waals surface area contributed by atoms with Crippen molar-refractivity contribution in [3.8, 4) is 22.6 Å². The molecule has 0 radical (unpaired) electrons. The fourth-order valence-corrected chi connectivity index (χ4v) is 3.91. The van der Waals surface area contributed by atoms with Gasteiger partial charge < -0.3 is 19.9 Å². The zero-order valence-corrected chi connectivity index (χ0v) is 17.7. The van der Waals surface area contributed by atoms with Crippen molar-refractivity contribution in [2.24, 2.45) is 5.73 Å². The molecule has 1 amide bonds. The topological polar surface area (TPSA) is 107 Å². The molecular formula is C23H18F3N5O3. The summed E-state index contributed by atoms with van der Waals surface area (Å²) in [5.41, 5.74) is 6.30. The number of fused-ring (bicyclic) bond motifs is 1. The number of alkyl halides is 3. The first-order valence-electron chi connectivity index (χ1n) is 10.4. The molecule has 4 aromatic rings. The van der Waals surface area contributed by atoms with Crippen LogP contribution >= 0.6 is 0 Å². The molecule has 0 unspecified atom stereocenters. The predicted molar refractivity (Wildman–Crippen MR) is 117 cm³/mol. The second-order valence-electron chi connectivity index (χ2n) is 7.74. The van der Waals surface area contributed by atoms with Gasteiger partial charge >= 0.3 is 6.18 Å². The first-order valence-corrected chi connectivity index (χ1v) is 10.4. The van der Waals surface area contributed by atoms with Gasteiger partial charge in [-0.15, -0.1) is 0 Å². The lowest BCUT2D eigenvalue weighted by atomic mass is 10.0. The number of primary amides is 1. The Morgan fingerprint density at radius 1 is 1.06 bits per heavy atom. The normalized spacial score (nSPS) is 14.5. The van der Waals surface area contributed by atoms with Gasteiger partial charge in [0.05, 0.1) is 24.3 Å². The van der Waals surface area contributed by atoms with Crippen molar-refractivity contribution in [1.29, 1.82) is 0 Å². The van der Waals surface area contributed by atoms with Gasteiger partial charge in [-0.05, 0) is 24.3 Å². The fourth-order valence-electron chi connectivity index (χ4n) is 3.91. The molecule has 3 heterocycles. The monoisotopic (exact) mass is 469 g/mol. The Kier molecular flexibility index (Phi) is 5.40. The lowest BCUT2D eigenvalue weighted by Crippen LogP contribution is -2.37. The quantitative estimate of drug-likeness (QED) is 0.483. The van der Waals surface area contributed by atoms with Crippen molar-refractivity contribution < 1.29 is 27.2 Å². The number of rotatable bonds is 4. The number of anilines is 1. The van der Waals surface area contributed by atoms with E-state index in [1.165, 1.54) is 12.3 Å². The minimum absolute atomic E-state index is 0.104. The molecule has 1 aliphatic heterocycles. The van der Waals surface area contributed by atoms with Gasteiger partial charge in [-0.1, -0.05) is 17.3 Å². The molecule has 34 heavy (non-hydrogen) atoms. The summed E-state index contributed by atoms with van der Waals surface area (Å²) in [4.78, 5) is 22.0. The van der Waals surface area contributed by atoms with Crippen LogP contribution in [0, 0.1) is 0 Å². The number of nitrogens with two attached hydrogens (primary N) is 1. The van der Waals surface area contributed by atoms with Crippen LogP contribution in [0.4, 0.5) is 18.9 Å². The number of ether oxygens (including phenoxy) is 1. The molecule has 1 fully saturated rings. The van der Waals surface area contributed by atoms with E-state index in [-0.39, 0.29) is 28.3 Å². The van der Waals surface area contributed by atoms with Crippen LogP contribution in [0.1, 0.15) is 15.9 Å². The van der Waals surface area contributed by atoms with Crippen LogP contribution in [0.25, 0.3) is 33.5 Å². The van der Waals surface area contributed by atoms with Crippen LogP contribution in [0.5, 0.6) is 0 Å². The molecule has 8 nitrogen and oxygen atoms in total. The minimum Gasteiger partial charge on any atom is -0.378 e. The molecule has 1 saturated heterocycles. The van der Waals surface area contributed by atoms with Crippen molar-refractivity contribution in [1.82, 2.24) is 15.1 Å². The Hall–Kier alpha value is -3.99. The summed E-state index contributed by atoms with van der Waals surface area (Å²) >= 11 is 0. The largest absolute Gasteiger partial charge is 0.418 e. The molecule has 0 bridgehead atoms. The van der Waals surface area contributed by atoms with Crippen LogP contribution in [0.3, 0.4) is 0 Å². The van der Waals surface area contributed by atoms with Gasteiger partial charge in [0.15, 0.2) is 5.82 Å². The molecule has 0 atom stereocenters. The average molecular weight is 469 g/mol. The average Bonchev–Trinajstić information content (AvgIpc) is 3.33. The molecule has 1 aliphatic rings. The van der Waals surface area contributed by atoms with Gasteiger partial charge in [-0.25, -0.2) is 9.97 Å². The third kappa shape index (κ3) is 4.05. The van der Waals surface area contributed by atoms with E-state index in [1.54, 1.807) is 29.2 Å². The number of nitrogens with zero attached hydrogens (tertiary/aromatic N) is 4. The first-order chi connectivity index (χ1) is 16.3. The van der Waals surface area contributed by atoms with Gasteiger partial charge in [-0.2, -0.15) is 13.2 Å². The highest BCUT2D eigenvalue weighted by molar-refractivity contribution is 5.99. The van der Waals surface area contributed by atoms with E-state index in [1.807, 2.05) is 0 Å². The third-order valence-corrected chi connectivity index (χ3v) is 5.60. The third-order valence-electron chi connectivity index (χ3n) is 5.60. The number of hydrogen-bond acceptors (Lipinski definition) is 7. The summed E-state index contributed by atoms with van der Waals surface area (Å²) in [6.45, 7) is 1.51. The van der Waals surface area contributed by atoms with E-state index in [0.29, 0.717) is 42.8 Å². The Balaban J connectivity index is 1.57. The van der Waals surface area contributed by atoms with E-state index in [0.717, 1.165) is 12.3 Å². The van der Waals surface area contributed by atoms with E-state index in [2.05, 4.69) is 15.1 Å². The van der Waals surface area contributed by atoms with Gasteiger partial charge in [0.2, 0.25) is 0 Å². The van der Waals surface area contributed by atoms with E-state index >= 15 is 0 Å². The highest BCUT2D eigenvalue weighted by Gasteiger charge is 2.35.